The summed E-state index contributed by atoms with van der Waals surface area (Å²) in [4.78, 5) is 42.4. The molecule has 0 bridgehead atoms. The van der Waals surface area contributed by atoms with Gasteiger partial charge >= 0.3 is 0 Å². The molecular formula is C18H14ClN3O5. The van der Waals surface area contributed by atoms with Crippen LogP contribution < -0.4 is 5.06 Å². The molecule has 2 aliphatic rings. The number of imide groups is 1. The van der Waals surface area contributed by atoms with Crippen molar-refractivity contribution in [2.45, 2.75) is 12.1 Å². The summed E-state index contributed by atoms with van der Waals surface area (Å²) in [5, 5.41) is 13.0. The average molecular weight is 388 g/mol. The van der Waals surface area contributed by atoms with Gasteiger partial charge in [-0.3, -0.25) is 29.4 Å². The Kier molecular flexibility index (Phi) is 4.09. The highest BCUT2D eigenvalue weighted by Gasteiger charge is 2.58. The minimum Gasteiger partial charge on any atom is -0.283 e. The van der Waals surface area contributed by atoms with Crippen molar-refractivity contribution < 1.29 is 19.3 Å². The van der Waals surface area contributed by atoms with Crippen LogP contribution in [-0.2, 0) is 14.4 Å². The maximum Gasteiger partial charge on any atom is 0.269 e. The molecular weight excluding hydrogens is 374 g/mol. The number of likely N-dealkylation sites (N-methyl/N-ethyl adjacent to an activating group) is 1. The van der Waals surface area contributed by atoms with E-state index in [2.05, 4.69) is 0 Å². The number of amides is 2. The van der Waals surface area contributed by atoms with Gasteiger partial charge in [0.1, 0.15) is 5.92 Å². The molecule has 0 aromatic heterocycles. The fourth-order valence-corrected chi connectivity index (χ4v) is 3.62. The first kappa shape index (κ1) is 17.4. The summed E-state index contributed by atoms with van der Waals surface area (Å²) in [5.74, 6) is -1.49. The van der Waals surface area contributed by atoms with Crippen LogP contribution in [0.5, 0.6) is 0 Å². The van der Waals surface area contributed by atoms with Gasteiger partial charge < -0.3 is 0 Å². The second-order valence-electron chi connectivity index (χ2n) is 6.38. The van der Waals surface area contributed by atoms with E-state index in [1.807, 2.05) is 0 Å². The third-order valence-electron chi connectivity index (χ3n) is 4.86. The number of nitrogens with zero attached hydrogens (tertiary/aromatic N) is 3. The van der Waals surface area contributed by atoms with Gasteiger partial charge in [0.25, 0.3) is 11.6 Å². The molecule has 0 saturated carbocycles. The molecule has 4 rings (SSSR count). The topological polar surface area (TPSA) is 93.0 Å². The number of likely N-dealkylation sites (tertiary alicyclic amines) is 1. The molecule has 2 saturated heterocycles. The van der Waals surface area contributed by atoms with Gasteiger partial charge in [-0.15, -0.1) is 0 Å². The Balaban J connectivity index is 1.79. The fraction of sp³-hybridized carbons (Fsp3) is 0.222. The third-order valence-corrected chi connectivity index (χ3v) is 5.11. The van der Waals surface area contributed by atoms with E-state index in [0.29, 0.717) is 16.3 Å². The smallest absolute Gasteiger partial charge is 0.269 e. The zero-order valence-corrected chi connectivity index (χ0v) is 14.9. The van der Waals surface area contributed by atoms with E-state index >= 15 is 0 Å². The Morgan fingerprint density at radius 2 is 1.67 bits per heavy atom. The number of halogens is 1. The molecule has 8 nitrogen and oxygen atoms in total. The minimum absolute atomic E-state index is 0.0572. The molecule has 0 aliphatic carbocycles. The van der Waals surface area contributed by atoms with Crippen LogP contribution in [-0.4, -0.2) is 34.8 Å². The number of hydroxylamine groups is 1. The monoisotopic (exact) mass is 387 g/mol. The molecule has 0 radical (unpaired) electrons. The first-order chi connectivity index (χ1) is 12.9. The first-order valence-electron chi connectivity index (χ1n) is 8.16. The van der Waals surface area contributed by atoms with Crippen molar-refractivity contribution in [3.8, 4) is 0 Å². The lowest BCUT2D eigenvalue weighted by Gasteiger charge is -2.28. The van der Waals surface area contributed by atoms with E-state index < -0.39 is 28.9 Å². The molecule has 2 fully saturated rings. The number of rotatable bonds is 3. The predicted octanol–water partition coefficient (Wildman–Crippen LogP) is 2.72. The van der Waals surface area contributed by atoms with E-state index in [4.69, 9.17) is 16.4 Å². The van der Waals surface area contributed by atoms with Gasteiger partial charge in [0.2, 0.25) is 5.91 Å². The van der Waals surface area contributed by atoms with Crippen LogP contribution in [0.2, 0.25) is 5.02 Å². The number of nitro groups is 1. The van der Waals surface area contributed by atoms with Crippen LogP contribution in [0.1, 0.15) is 11.6 Å². The lowest BCUT2D eigenvalue weighted by atomic mass is 9.90. The number of nitro benzene ring substituents is 1. The maximum atomic E-state index is 12.7. The second kappa shape index (κ2) is 6.33. The number of carbonyl (C=O) groups excluding carboxylic acids is 2. The van der Waals surface area contributed by atoms with E-state index in [1.165, 1.54) is 24.2 Å². The zero-order valence-electron chi connectivity index (χ0n) is 14.1. The molecule has 2 amide bonds. The molecule has 138 valence electrons. The first-order valence-corrected chi connectivity index (χ1v) is 8.53. The van der Waals surface area contributed by atoms with E-state index in [9.17, 15) is 19.7 Å². The lowest BCUT2D eigenvalue weighted by Crippen LogP contribution is -2.34. The Labute approximate surface area is 159 Å². The van der Waals surface area contributed by atoms with Crippen LogP contribution in [0.15, 0.2) is 48.5 Å². The molecule has 3 atom stereocenters. The Hall–Kier alpha value is -2.97. The summed E-state index contributed by atoms with van der Waals surface area (Å²) >= 11 is 5.94. The second-order valence-corrected chi connectivity index (χ2v) is 6.82. The van der Waals surface area contributed by atoms with Crippen LogP contribution in [0.4, 0.5) is 11.4 Å². The summed E-state index contributed by atoms with van der Waals surface area (Å²) in [6, 6.07) is 12.1. The highest BCUT2D eigenvalue weighted by molar-refractivity contribution is 6.30. The number of hydrogen-bond donors (Lipinski definition) is 0. The quantitative estimate of drug-likeness (QED) is 0.456. The molecule has 0 spiro atoms. The van der Waals surface area contributed by atoms with Gasteiger partial charge in [-0.25, -0.2) is 5.06 Å². The molecule has 0 N–H and O–H groups in total. The highest BCUT2D eigenvalue weighted by Crippen LogP contribution is 2.46. The molecule has 2 heterocycles. The van der Waals surface area contributed by atoms with Crippen molar-refractivity contribution in [3.63, 3.8) is 0 Å². The van der Waals surface area contributed by atoms with E-state index in [1.54, 1.807) is 36.4 Å². The number of benzene rings is 2. The van der Waals surface area contributed by atoms with Crippen molar-refractivity contribution in [2.75, 3.05) is 12.1 Å². The number of anilines is 1. The molecule has 2 aromatic carbocycles. The Bertz CT molecular complexity index is 931. The fourth-order valence-electron chi connectivity index (χ4n) is 3.50. The Morgan fingerprint density at radius 1 is 1.04 bits per heavy atom. The van der Waals surface area contributed by atoms with Crippen molar-refractivity contribution in [3.05, 3.63) is 69.2 Å². The average Bonchev–Trinajstić information content (AvgIpc) is 3.15. The van der Waals surface area contributed by atoms with Crippen molar-refractivity contribution >= 4 is 34.8 Å². The van der Waals surface area contributed by atoms with Crippen LogP contribution >= 0.6 is 11.6 Å². The van der Waals surface area contributed by atoms with E-state index in [-0.39, 0.29) is 11.6 Å². The summed E-state index contributed by atoms with van der Waals surface area (Å²) < 4.78 is 0. The predicted molar refractivity (Wildman–Crippen MR) is 95.9 cm³/mol. The number of non-ortho nitro benzene ring substituents is 1. The normalized spacial score (nSPS) is 24.4. The van der Waals surface area contributed by atoms with Crippen LogP contribution in [0.3, 0.4) is 0 Å². The number of fused-ring (bicyclic) bond motifs is 1. The standard InChI is InChI=1S/C18H14ClN3O5/c1-20-17(23)14-15(10-2-6-13(7-3-10)22(25)26)21(27-16(14)18(20)24)12-8-4-11(19)5-9-12/h2-9,14-16H,1H3/t14-,15-,16+/m0/s1. The van der Waals surface area contributed by atoms with E-state index in [0.717, 1.165) is 4.90 Å². The lowest BCUT2D eigenvalue weighted by molar-refractivity contribution is -0.384. The van der Waals surface area contributed by atoms with Gasteiger partial charge in [0.15, 0.2) is 6.10 Å². The summed E-state index contributed by atoms with van der Waals surface area (Å²) in [7, 11) is 1.42. The molecule has 9 heteroatoms. The third kappa shape index (κ3) is 2.73. The molecule has 27 heavy (non-hydrogen) atoms. The molecule has 0 unspecified atom stereocenters. The van der Waals surface area contributed by atoms with Gasteiger partial charge in [-0.2, -0.15) is 0 Å². The number of hydrogen-bond acceptors (Lipinski definition) is 6. The van der Waals surface area contributed by atoms with Crippen molar-refractivity contribution in [2.24, 2.45) is 5.92 Å². The zero-order chi connectivity index (χ0) is 19.3. The number of carbonyl (C=O) groups is 2. The highest BCUT2D eigenvalue weighted by atomic mass is 35.5. The molecule has 2 aromatic rings. The SMILES string of the molecule is CN1C(=O)[C@@H]2[C@@H](ON(c3ccc(Cl)cc3)[C@H]2c2ccc([N+](=O)[O-])cc2)C1=O. The van der Waals surface area contributed by atoms with Crippen molar-refractivity contribution in [1.82, 2.24) is 4.90 Å². The summed E-state index contributed by atoms with van der Waals surface area (Å²) in [5.41, 5.74) is 1.21. The van der Waals surface area contributed by atoms with Crippen molar-refractivity contribution in [1.29, 1.82) is 0 Å². The molecule has 2 aliphatic heterocycles. The van der Waals surface area contributed by atoms with Gasteiger partial charge in [0.05, 0.1) is 16.7 Å². The minimum atomic E-state index is -0.932. The Morgan fingerprint density at radius 3 is 2.26 bits per heavy atom. The largest absolute Gasteiger partial charge is 0.283 e. The maximum absolute atomic E-state index is 12.7. The van der Waals surface area contributed by atoms with Crippen LogP contribution in [0.25, 0.3) is 0 Å². The van der Waals surface area contributed by atoms with Crippen LogP contribution in [0, 0.1) is 16.0 Å². The summed E-state index contributed by atoms with van der Waals surface area (Å²) in [6.07, 6.45) is -0.932. The van der Waals surface area contributed by atoms with Gasteiger partial charge in [0, 0.05) is 24.2 Å². The summed E-state index contributed by atoms with van der Waals surface area (Å²) in [6.45, 7) is 0. The van der Waals surface area contributed by atoms with Gasteiger partial charge in [-0.1, -0.05) is 23.7 Å². The van der Waals surface area contributed by atoms with Gasteiger partial charge in [-0.05, 0) is 29.8 Å².